The molecule has 1 aromatic carbocycles. The maximum Gasteiger partial charge on any atom is 0.217 e. The molecular formula is C9H13ClNOP. The summed E-state index contributed by atoms with van der Waals surface area (Å²) in [6.45, 7) is 1.78. The van der Waals surface area contributed by atoms with Gasteiger partial charge in [0.05, 0.1) is 0 Å². The lowest BCUT2D eigenvalue weighted by atomic mass is 10.2. The van der Waals surface area contributed by atoms with E-state index in [0.29, 0.717) is 0 Å². The molecule has 13 heavy (non-hydrogen) atoms. The molecule has 0 spiro atoms. The second kappa shape index (κ2) is 4.17. The molecule has 1 unspecified atom stereocenters. The molecule has 0 fully saturated rings. The highest BCUT2D eigenvalue weighted by atomic mass is 35.7. The van der Waals surface area contributed by atoms with Gasteiger partial charge in [-0.05, 0) is 30.3 Å². The molecule has 0 heterocycles. The first-order valence-corrected chi connectivity index (χ1v) is 6.98. The lowest BCUT2D eigenvalue weighted by Crippen LogP contribution is -1.85. The van der Waals surface area contributed by atoms with Crippen LogP contribution >= 0.6 is 17.9 Å². The SMILES string of the molecule is CN=P(C)(Cl)Oc1ccc(C)cc1. The van der Waals surface area contributed by atoms with Crippen LogP contribution in [0.3, 0.4) is 0 Å². The van der Waals surface area contributed by atoms with Gasteiger partial charge in [-0.2, -0.15) is 0 Å². The van der Waals surface area contributed by atoms with Crippen molar-refractivity contribution < 1.29 is 4.52 Å². The maximum absolute atomic E-state index is 6.02. The van der Waals surface area contributed by atoms with Crippen LogP contribution in [0.1, 0.15) is 5.56 Å². The van der Waals surface area contributed by atoms with Gasteiger partial charge in [-0.25, -0.2) is 0 Å². The van der Waals surface area contributed by atoms with Crippen molar-refractivity contribution in [2.24, 2.45) is 4.74 Å². The summed E-state index contributed by atoms with van der Waals surface area (Å²) < 4.78 is 9.51. The van der Waals surface area contributed by atoms with Gasteiger partial charge in [0.15, 0.2) is 0 Å². The van der Waals surface area contributed by atoms with Crippen LogP contribution in [0.2, 0.25) is 0 Å². The zero-order chi connectivity index (χ0) is 9.90. The van der Waals surface area contributed by atoms with Crippen molar-refractivity contribution in [1.29, 1.82) is 0 Å². The standard InChI is InChI=1S/C9H13ClNOP/c1-8-4-6-9(7-5-8)12-13(3,10)11-2/h4-7H,1-3H3. The van der Waals surface area contributed by atoms with E-state index in [1.807, 2.05) is 37.9 Å². The highest BCUT2D eigenvalue weighted by Gasteiger charge is 2.08. The van der Waals surface area contributed by atoms with Gasteiger partial charge in [-0.1, -0.05) is 17.7 Å². The Labute approximate surface area is 83.8 Å². The van der Waals surface area contributed by atoms with E-state index in [0.717, 1.165) is 5.75 Å². The van der Waals surface area contributed by atoms with Crippen molar-refractivity contribution >= 4 is 17.9 Å². The first-order valence-electron chi connectivity index (χ1n) is 3.97. The topological polar surface area (TPSA) is 21.6 Å². The van der Waals surface area contributed by atoms with Crippen molar-refractivity contribution in [3.8, 4) is 5.75 Å². The van der Waals surface area contributed by atoms with Gasteiger partial charge in [0.1, 0.15) is 5.75 Å². The second-order valence-electron chi connectivity index (χ2n) is 2.88. The Balaban J connectivity index is 2.82. The smallest absolute Gasteiger partial charge is 0.217 e. The summed E-state index contributed by atoms with van der Waals surface area (Å²) >= 11 is 6.02. The lowest BCUT2D eigenvalue weighted by Gasteiger charge is -2.12. The molecule has 0 amide bonds. The minimum absolute atomic E-state index is 0.780. The highest BCUT2D eigenvalue weighted by molar-refractivity contribution is 7.86. The number of hydrogen-bond donors (Lipinski definition) is 0. The molecule has 0 saturated heterocycles. The number of benzene rings is 1. The molecule has 2 nitrogen and oxygen atoms in total. The predicted molar refractivity (Wildman–Crippen MR) is 58.9 cm³/mol. The summed E-state index contributed by atoms with van der Waals surface area (Å²) in [4.78, 5) is 0. The summed E-state index contributed by atoms with van der Waals surface area (Å²) in [6, 6.07) is 7.78. The van der Waals surface area contributed by atoms with Crippen LogP contribution in [0.25, 0.3) is 0 Å². The highest BCUT2D eigenvalue weighted by Crippen LogP contribution is 2.51. The number of nitrogens with zero attached hydrogens (tertiary/aromatic N) is 1. The van der Waals surface area contributed by atoms with Crippen molar-refractivity contribution in [2.75, 3.05) is 13.7 Å². The van der Waals surface area contributed by atoms with Gasteiger partial charge in [-0.3, -0.25) is 4.74 Å². The third kappa shape index (κ3) is 3.41. The Morgan fingerprint density at radius 1 is 1.31 bits per heavy atom. The summed E-state index contributed by atoms with van der Waals surface area (Å²) in [7, 11) is 1.68. The zero-order valence-electron chi connectivity index (χ0n) is 7.99. The van der Waals surface area contributed by atoms with Crippen LogP contribution in [0, 0.1) is 6.92 Å². The van der Waals surface area contributed by atoms with E-state index in [1.54, 1.807) is 7.05 Å². The zero-order valence-corrected chi connectivity index (χ0v) is 9.64. The van der Waals surface area contributed by atoms with E-state index < -0.39 is 6.63 Å². The van der Waals surface area contributed by atoms with Gasteiger partial charge < -0.3 is 4.52 Å². The van der Waals surface area contributed by atoms with Crippen molar-refractivity contribution in [3.05, 3.63) is 29.8 Å². The molecule has 1 atom stereocenters. The Hall–Kier alpha value is -0.460. The Kier molecular flexibility index (Phi) is 3.40. The van der Waals surface area contributed by atoms with E-state index in [9.17, 15) is 0 Å². The fourth-order valence-electron chi connectivity index (χ4n) is 0.832. The third-order valence-corrected chi connectivity index (χ3v) is 3.57. The monoisotopic (exact) mass is 217 g/mol. The molecule has 0 N–H and O–H groups in total. The lowest BCUT2D eigenvalue weighted by molar-refractivity contribution is 0.620. The second-order valence-corrected chi connectivity index (χ2v) is 6.90. The van der Waals surface area contributed by atoms with Gasteiger partial charge >= 0.3 is 0 Å². The summed E-state index contributed by atoms with van der Waals surface area (Å²) in [5.41, 5.74) is 1.20. The predicted octanol–water partition coefficient (Wildman–Crippen LogP) is 3.90. The summed E-state index contributed by atoms with van der Waals surface area (Å²) in [5.74, 6) is 0.780. The minimum atomic E-state index is -2.06. The first-order chi connectivity index (χ1) is 6.03. The number of hydrogen-bond acceptors (Lipinski definition) is 2. The molecule has 1 aromatic rings. The van der Waals surface area contributed by atoms with Crippen LogP contribution in [0.15, 0.2) is 29.0 Å². The molecule has 0 radical (unpaired) electrons. The molecule has 72 valence electrons. The Morgan fingerprint density at radius 3 is 2.31 bits per heavy atom. The number of rotatable bonds is 2. The average molecular weight is 218 g/mol. The van der Waals surface area contributed by atoms with Gasteiger partial charge in [0.25, 0.3) is 0 Å². The van der Waals surface area contributed by atoms with E-state index in [1.165, 1.54) is 5.56 Å². The van der Waals surface area contributed by atoms with E-state index in [2.05, 4.69) is 4.74 Å². The molecule has 0 aliphatic heterocycles. The molecule has 0 aromatic heterocycles. The normalized spacial score (nSPS) is 14.8. The maximum atomic E-state index is 6.02. The van der Waals surface area contributed by atoms with Crippen molar-refractivity contribution in [2.45, 2.75) is 6.92 Å². The molecule has 0 aliphatic rings. The largest absolute Gasteiger partial charge is 0.447 e. The number of halogens is 1. The Bertz CT molecular complexity index is 328. The first kappa shape index (κ1) is 10.6. The molecule has 0 saturated carbocycles. The van der Waals surface area contributed by atoms with Gasteiger partial charge in [0, 0.05) is 13.7 Å². The Morgan fingerprint density at radius 2 is 1.85 bits per heavy atom. The molecular weight excluding hydrogens is 205 g/mol. The van der Waals surface area contributed by atoms with Crippen molar-refractivity contribution in [1.82, 2.24) is 0 Å². The molecule has 4 heteroatoms. The minimum Gasteiger partial charge on any atom is -0.447 e. The quantitative estimate of drug-likeness (QED) is 0.689. The fourth-order valence-corrected chi connectivity index (χ4v) is 1.66. The summed E-state index contributed by atoms with van der Waals surface area (Å²) in [5, 5.41) is 0. The van der Waals surface area contributed by atoms with Crippen molar-refractivity contribution in [3.63, 3.8) is 0 Å². The van der Waals surface area contributed by atoms with E-state index >= 15 is 0 Å². The van der Waals surface area contributed by atoms with E-state index in [4.69, 9.17) is 15.8 Å². The fraction of sp³-hybridized carbons (Fsp3) is 0.333. The van der Waals surface area contributed by atoms with Crippen LogP contribution in [-0.4, -0.2) is 13.7 Å². The third-order valence-electron chi connectivity index (χ3n) is 1.65. The van der Waals surface area contributed by atoms with Crippen LogP contribution in [-0.2, 0) is 0 Å². The van der Waals surface area contributed by atoms with Crippen LogP contribution in [0.4, 0.5) is 0 Å². The average Bonchev–Trinajstić information content (AvgIpc) is 2.09. The summed E-state index contributed by atoms with van der Waals surface area (Å²) in [6.07, 6.45) is 0. The molecule has 1 rings (SSSR count). The van der Waals surface area contributed by atoms with Crippen LogP contribution in [0.5, 0.6) is 5.75 Å². The van der Waals surface area contributed by atoms with E-state index in [-0.39, 0.29) is 0 Å². The van der Waals surface area contributed by atoms with Crippen LogP contribution < -0.4 is 4.52 Å². The number of aryl methyl sites for hydroxylation is 1. The molecule has 0 bridgehead atoms. The van der Waals surface area contributed by atoms with Gasteiger partial charge in [0.2, 0.25) is 6.63 Å². The molecule has 0 aliphatic carbocycles. The van der Waals surface area contributed by atoms with Gasteiger partial charge in [-0.15, -0.1) is 0 Å².